The predicted molar refractivity (Wildman–Crippen MR) is 90.0 cm³/mol. The molecule has 4 nitrogen and oxygen atoms in total. The zero-order valence-corrected chi connectivity index (χ0v) is 14.7. The van der Waals surface area contributed by atoms with Gasteiger partial charge in [0.2, 0.25) is 0 Å². The number of nitrogens with zero attached hydrogens (tertiary/aromatic N) is 1. The summed E-state index contributed by atoms with van der Waals surface area (Å²) in [5.74, 6) is 0.931. The third-order valence-electron chi connectivity index (χ3n) is 4.84. The van der Waals surface area contributed by atoms with E-state index in [0.717, 1.165) is 38.4 Å². The van der Waals surface area contributed by atoms with Crippen molar-refractivity contribution in [2.75, 3.05) is 19.6 Å². The van der Waals surface area contributed by atoms with Crippen LogP contribution in [-0.2, 0) is 4.74 Å². The molecule has 2 fully saturated rings. The summed E-state index contributed by atoms with van der Waals surface area (Å²) in [5, 5.41) is 3.58. The molecule has 4 heteroatoms. The maximum absolute atomic E-state index is 12.3. The van der Waals surface area contributed by atoms with Crippen molar-refractivity contribution < 1.29 is 9.53 Å². The molecule has 0 radical (unpaired) electrons. The van der Waals surface area contributed by atoms with Gasteiger partial charge in [-0.25, -0.2) is 4.79 Å². The Balaban J connectivity index is 1.72. The molecule has 1 aliphatic heterocycles. The Bertz CT molecular complexity index is 345. The Kier molecular flexibility index (Phi) is 6.54. The number of piperidine rings is 1. The molecule has 0 aromatic heterocycles. The summed E-state index contributed by atoms with van der Waals surface area (Å²) in [6, 6.07) is 0.298. The fourth-order valence-electron chi connectivity index (χ4n) is 3.65. The number of hydrogen-bond donors (Lipinski definition) is 1. The van der Waals surface area contributed by atoms with Gasteiger partial charge in [-0.05, 0) is 58.9 Å². The highest BCUT2D eigenvalue weighted by Gasteiger charge is 2.30. The van der Waals surface area contributed by atoms with E-state index in [1.165, 1.54) is 38.5 Å². The highest BCUT2D eigenvalue weighted by Crippen LogP contribution is 2.27. The number of hydrogen-bond acceptors (Lipinski definition) is 3. The molecular formula is C18H34N2O2. The van der Waals surface area contributed by atoms with Crippen LogP contribution in [0, 0.1) is 5.92 Å². The molecule has 0 aromatic rings. The highest BCUT2D eigenvalue weighted by atomic mass is 16.6. The molecule has 0 spiro atoms. The zero-order chi connectivity index (χ0) is 16.0. The molecule has 1 heterocycles. The lowest BCUT2D eigenvalue weighted by Crippen LogP contribution is -2.50. The summed E-state index contributed by atoms with van der Waals surface area (Å²) in [5.41, 5.74) is -0.408. The Morgan fingerprint density at radius 2 is 1.82 bits per heavy atom. The van der Waals surface area contributed by atoms with E-state index < -0.39 is 5.60 Å². The van der Waals surface area contributed by atoms with Crippen molar-refractivity contribution >= 4 is 6.09 Å². The number of ether oxygens (including phenoxy) is 1. The zero-order valence-electron chi connectivity index (χ0n) is 14.7. The van der Waals surface area contributed by atoms with Crippen LogP contribution in [-0.4, -0.2) is 42.3 Å². The van der Waals surface area contributed by atoms with E-state index >= 15 is 0 Å². The largest absolute Gasteiger partial charge is 0.444 e. The monoisotopic (exact) mass is 310 g/mol. The normalized spacial score (nSPS) is 23.8. The second-order valence-corrected chi connectivity index (χ2v) is 7.97. The highest BCUT2D eigenvalue weighted by molar-refractivity contribution is 5.68. The van der Waals surface area contributed by atoms with Crippen molar-refractivity contribution in [2.24, 2.45) is 5.92 Å². The van der Waals surface area contributed by atoms with Crippen molar-refractivity contribution in [1.29, 1.82) is 0 Å². The van der Waals surface area contributed by atoms with Gasteiger partial charge in [-0.2, -0.15) is 0 Å². The van der Waals surface area contributed by atoms with Crippen LogP contribution in [0.1, 0.15) is 72.1 Å². The van der Waals surface area contributed by atoms with Crippen molar-refractivity contribution in [2.45, 2.75) is 83.8 Å². The maximum atomic E-state index is 12.3. The van der Waals surface area contributed by atoms with Crippen LogP contribution in [0.2, 0.25) is 0 Å². The quantitative estimate of drug-likeness (QED) is 0.782. The first kappa shape index (κ1) is 17.6. The van der Waals surface area contributed by atoms with Crippen LogP contribution in [0.5, 0.6) is 0 Å². The molecule has 2 rings (SSSR count). The first-order valence-electron chi connectivity index (χ1n) is 9.16. The number of rotatable bonds is 5. The minimum atomic E-state index is -0.408. The van der Waals surface area contributed by atoms with Crippen LogP contribution in [0.25, 0.3) is 0 Å². The number of nitrogens with one attached hydrogen (secondary N) is 1. The smallest absolute Gasteiger partial charge is 0.410 e. The Morgan fingerprint density at radius 1 is 1.14 bits per heavy atom. The van der Waals surface area contributed by atoms with Crippen LogP contribution in [0.4, 0.5) is 4.79 Å². The van der Waals surface area contributed by atoms with Crippen LogP contribution in [0.3, 0.4) is 0 Å². The van der Waals surface area contributed by atoms with Gasteiger partial charge in [0.15, 0.2) is 0 Å². The van der Waals surface area contributed by atoms with Crippen molar-refractivity contribution in [3.05, 3.63) is 0 Å². The first-order valence-corrected chi connectivity index (χ1v) is 9.16. The van der Waals surface area contributed by atoms with E-state index in [2.05, 4.69) is 5.32 Å². The summed E-state index contributed by atoms with van der Waals surface area (Å²) in [4.78, 5) is 14.3. The summed E-state index contributed by atoms with van der Waals surface area (Å²) in [6.45, 7) is 8.64. The Hall–Kier alpha value is -0.770. The second-order valence-electron chi connectivity index (χ2n) is 7.97. The van der Waals surface area contributed by atoms with Crippen molar-refractivity contribution in [3.63, 3.8) is 0 Å². The standard InChI is InChI=1S/C18H34N2O2/c1-18(2,3)22-17(21)20-13-7-6-10-16(20)14-19-12-11-15-8-4-5-9-15/h15-16,19H,4-14H2,1-3H3. The fraction of sp³-hybridized carbons (Fsp3) is 0.944. The molecule has 1 saturated heterocycles. The topological polar surface area (TPSA) is 41.6 Å². The van der Waals surface area contributed by atoms with E-state index in [-0.39, 0.29) is 6.09 Å². The van der Waals surface area contributed by atoms with Crippen molar-refractivity contribution in [1.82, 2.24) is 10.2 Å². The lowest BCUT2D eigenvalue weighted by molar-refractivity contribution is 0.00995. The molecule has 1 N–H and O–H groups in total. The third kappa shape index (κ3) is 5.79. The van der Waals surface area contributed by atoms with E-state index in [4.69, 9.17) is 4.74 Å². The van der Waals surface area contributed by atoms with E-state index in [9.17, 15) is 4.79 Å². The SMILES string of the molecule is CC(C)(C)OC(=O)N1CCCCC1CNCCC1CCCC1. The third-order valence-corrected chi connectivity index (χ3v) is 4.84. The number of carbonyl (C=O) groups excluding carboxylic acids is 1. The molecular weight excluding hydrogens is 276 g/mol. The molecule has 0 aromatic carbocycles. The average Bonchev–Trinajstić information content (AvgIpc) is 2.95. The Labute approximate surface area is 136 Å². The van der Waals surface area contributed by atoms with Gasteiger partial charge in [-0.15, -0.1) is 0 Å². The van der Waals surface area contributed by atoms with E-state index in [1.54, 1.807) is 0 Å². The molecule has 22 heavy (non-hydrogen) atoms. The van der Waals surface area contributed by atoms with Gasteiger partial charge < -0.3 is 15.0 Å². The fourth-order valence-corrected chi connectivity index (χ4v) is 3.65. The predicted octanol–water partition coefficient (Wildman–Crippen LogP) is 3.95. The summed E-state index contributed by atoms with van der Waals surface area (Å²) < 4.78 is 5.55. The molecule has 1 unspecified atom stereocenters. The average molecular weight is 310 g/mol. The molecule has 128 valence electrons. The number of carbonyl (C=O) groups is 1. The van der Waals surface area contributed by atoms with Gasteiger partial charge in [0, 0.05) is 19.1 Å². The van der Waals surface area contributed by atoms with Gasteiger partial charge in [0.25, 0.3) is 0 Å². The van der Waals surface area contributed by atoms with Gasteiger partial charge in [0.05, 0.1) is 0 Å². The minimum absolute atomic E-state index is 0.144. The van der Waals surface area contributed by atoms with Crippen molar-refractivity contribution in [3.8, 4) is 0 Å². The lowest BCUT2D eigenvalue weighted by atomic mass is 10.0. The van der Waals surface area contributed by atoms with Crippen LogP contribution < -0.4 is 5.32 Å². The van der Waals surface area contributed by atoms with Gasteiger partial charge >= 0.3 is 6.09 Å². The number of likely N-dealkylation sites (tertiary alicyclic amines) is 1. The molecule has 1 saturated carbocycles. The summed E-state index contributed by atoms with van der Waals surface area (Å²) in [7, 11) is 0. The van der Waals surface area contributed by atoms with Crippen LogP contribution in [0.15, 0.2) is 0 Å². The first-order chi connectivity index (χ1) is 10.5. The van der Waals surface area contributed by atoms with Gasteiger partial charge in [-0.1, -0.05) is 25.7 Å². The van der Waals surface area contributed by atoms with Crippen LogP contribution >= 0.6 is 0 Å². The van der Waals surface area contributed by atoms with E-state index in [0.29, 0.717) is 6.04 Å². The van der Waals surface area contributed by atoms with E-state index in [1.807, 2.05) is 25.7 Å². The Morgan fingerprint density at radius 3 is 2.50 bits per heavy atom. The van der Waals surface area contributed by atoms with Gasteiger partial charge in [-0.3, -0.25) is 0 Å². The molecule has 2 aliphatic rings. The summed E-state index contributed by atoms with van der Waals surface area (Å²) >= 11 is 0. The molecule has 1 aliphatic carbocycles. The lowest BCUT2D eigenvalue weighted by Gasteiger charge is -2.37. The minimum Gasteiger partial charge on any atom is -0.444 e. The molecule has 0 bridgehead atoms. The second kappa shape index (κ2) is 8.19. The number of amides is 1. The molecule has 1 atom stereocenters. The summed E-state index contributed by atoms with van der Waals surface area (Å²) in [6.07, 6.45) is 10.2. The molecule has 1 amide bonds. The maximum Gasteiger partial charge on any atom is 0.410 e. The van der Waals surface area contributed by atoms with Gasteiger partial charge in [0.1, 0.15) is 5.60 Å².